The van der Waals surface area contributed by atoms with Gasteiger partial charge in [0.15, 0.2) is 0 Å². The van der Waals surface area contributed by atoms with Crippen LogP contribution >= 0.6 is 15.9 Å². The summed E-state index contributed by atoms with van der Waals surface area (Å²) in [7, 11) is 4.34. The zero-order valence-corrected chi connectivity index (χ0v) is 15.1. The van der Waals surface area contributed by atoms with Crippen molar-refractivity contribution in [3.8, 4) is 5.75 Å². The van der Waals surface area contributed by atoms with E-state index < -0.39 is 0 Å². The summed E-state index contributed by atoms with van der Waals surface area (Å²) in [6.45, 7) is 6.39. The maximum atomic E-state index is 5.76. The summed E-state index contributed by atoms with van der Waals surface area (Å²) in [5, 5.41) is 3.75. The van der Waals surface area contributed by atoms with Crippen molar-refractivity contribution in [3.05, 3.63) is 28.2 Å². The summed E-state index contributed by atoms with van der Waals surface area (Å²) in [6.07, 6.45) is 2.25. The van der Waals surface area contributed by atoms with Crippen LogP contribution in [0.25, 0.3) is 0 Å². The molecule has 0 aromatic heterocycles. The van der Waals surface area contributed by atoms with Crippen LogP contribution in [0, 0.1) is 5.92 Å². The number of nitrogens with zero attached hydrogens (tertiary/aromatic N) is 1. The van der Waals surface area contributed by atoms with Gasteiger partial charge < -0.3 is 15.0 Å². The Kier molecular flexibility index (Phi) is 6.08. The molecule has 1 aromatic carbocycles. The van der Waals surface area contributed by atoms with Crippen molar-refractivity contribution < 1.29 is 4.74 Å². The molecule has 0 spiro atoms. The van der Waals surface area contributed by atoms with Crippen LogP contribution in [0.2, 0.25) is 0 Å². The molecule has 0 saturated carbocycles. The zero-order chi connectivity index (χ0) is 15.4. The molecule has 1 N–H and O–H groups in total. The van der Waals surface area contributed by atoms with Gasteiger partial charge in [0.25, 0.3) is 0 Å². The van der Waals surface area contributed by atoms with E-state index in [0.29, 0.717) is 12.1 Å². The average molecular weight is 355 g/mol. The highest BCUT2D eigenvalue weighted by Gasteiger charge is 2.23. The van der Waals surface area contributed by atoms with Gasteiger partial charge in [0.05, 0.1) is 6.61 Å². The molecule has 0 aliphatic carbocycles. The first-order valence-corrected chi connectivity index (χ1v) is 8.58. The Morgan fingerprint density at radius 1 is 1.38 bits per heavy atom. The van der Waals surface area contributed by atoms with E-state index in [1.807, 2.05) is 6.07 Å². The highest BCUT2D eigenvalue weighted by atomic mass is 79.9. The summed E-state index contributed by atoms with van der Waals surface area (Å²) < 4.78 is 6.87. The number of nitrogens with one attached hydrogen (secondary N) is 1. The first kappa shape index (κ1) is 16.8. The number of ether oxygens (including phenoxy) is 1. The quantitative estimate of drug-likeness (QED) is 0.839. The summed E-state index contributed by atoms with van der Waals surface area (Å²) >= 11 is 3.56. The van der Waals surface area contributed by atoms with Gasteiger partial charge in [-0.2, -0.15) is 0 Å². The number of fused-ring (bicyclic) bond motifs is 1. The largest absolute Gasteiger partial charge is 0.493 e. The van der Waals surface area contributed by atoms with Gasteiger partial charge in [-0.1, -0.05) is 29.8 Å². The molecule has 2 rings (SSSR count). The number of likely N-dealkylation sites (N-methyl/N-ethyl adjacent to an activating group) is 1. The van der Waals surface area contributed by atoms with Crippen molar-refractivity contribution in [1.82, 2.24) is 10.2 Å². The minimum atomic E-state index is 0.390. The summed E-state index contributed by atoms with van der Waals surface area (Å²) in [6, 6.07) is 7.25. The Bertz CT molecular complexity index is 462. The Balaban J connectivity index is 2.02. The van der Waals surface area contributed by atoms with Gasteiger partial charge in [0.2, 0.25) is 0 Å². The van der Waals surface area contributed by atoms with E-state index in [9.17, 15) is 0 Å². The first-order valence-electron chi connectivity index (χ1n) is 7.79. The number of halogens is 1. The highest BCUT2D eigenvalue weighted by molar-refractivity contribution is 9.10. The van der Waals surface area contributed by atoms with E-state index in [4.69, 9.17) is 4.74 Å². The monoisotopic (exact) mass is 354 g/mol. The third kappa shape index (κ3) is 4.70. The lowest BCUT2D eigenvalue weighted by Gasteiger charge is -2.31. The van der Waals surface area contributed by atoms with Crippen molar-refractivity contribution in [2.45, 2.75) is 38.8 Å². The van der Waals surface area contributed by atoms with Crippen LogP contribution in [0.3, 0.4) is 0 Å². The van der Waals surface area contributed by atoms with Gasteiger partial charge in [0.1, 0.15) is 5.75 Å². The van der Waals surface area contributed by atoms with Gasteiger partial charge in [-0.15, -0.1) is 0 Å². The molecule has 0 amide bonds. The molecule has 3 nitrogen and oxygen atoms in total. The molecular weight excluding hydrogens is 328 g/mol. The second-order valence-electron chi connectivity index (χ2n) is 6.53. The number of hydrogen-bond donors (Lipinski definition) is 1. The van der Waals surface area contributed by atoms with E-state index >= 15 is 0 Å². The predicted molar refractivity (Wildman–Crippen MR) is 91.9 cm³/mol. The van der Waals surface area contributed by atoms with Gasteiger partial charge in [-0.05, 0) is 44.6 Å². The van der Waals surface area contributed by atoms with Gasteiger partial charge in [-0.3, -0.25) is 0 Å². The van der Waals surface area contributed by atoms with Crippen LogP contribution in [0.1, 0.15) is 38.3 Å². The molecule has 1 aliphatic rings. The lowest BCUT2D eigenvalue weighted by Crippen LogP contribution is -2.41. The van der Waals surface area contributed by atoms with Crippen LogP contribution in [0.4, 0.5) is 0 Å². The van der Waals surface area contributed by atoms with E-state index in [1.54, 1.807) is 0 Å². The van der Waals surface area contributed by atoms with Crippen molar-refractivity contribution >= 4 is 15.9 Å². The summed E-state index contributed by atoms with van der Waals surface area (Å²) in [5.74, 6) is 1.74. The maximum absolute atomic E-state index is 5.76. The molecule has 1 aromatic rings. The molecule has 2 atom stereocenters. The first-order chi connectivity index (χ1) is 9.97. The molecule has 0 saturated heterocycles. The molecule has 2 unspecified atom stereocenters. The fourth-order valence-electron chi connectivity index (χ4n) is 2.88. The molecule has 21 heavy (non-hydrogen) atoms. The van der Waals surface area contributed by atoms with Crippen LogP contribution in [-0.4, -0.2) is 38.2 Å². The summed E-state index contributed by atoms with van der Waals surface area (Å²) in [5.41, 5.74) is 1.28. The lowest BCUT2D eigenvalue weighted by molar-refractivity contribution is 0.217. The third-order valence-electron chi connectivity index (χ3n) is 4.08. The SMILES string of the molecule is CC(C)CC(CNC1CCOc2ccc(Br)cc21)N(C)C. The summed E-state index contributed by atoms with van der Waals surface area (Å²) in [4.78, 5) is 2.33. The molecule has 118 valence electrons. The van der Waals surface area contributed by atoms with Gasteiger partial charge in [-0.25, -0.2) is 0 Å². The van der Waals surface area contributed by atoms with Crippen LogP contribution in [0.5, 0.6) is 5.75 Å². The second kappa shape index (κ2) is 7.61. The molecule has 0 fully saturated rings. The van der Waals surface area contributed by atoms with Gasteiger partial charge >= 0.3 is 0 Å². The standard InChI is InChI=1S/C17H27BrN2O/c1-12(2)9-14(20(3)4)11-19-16-7-8-21-17-6-5-13(18)10-15(16)17/h5-6,10,12,14,16,19H,7-9,11H2,1-4H3. The van der Waals surface area contributed by atoms with Crippen molar-refractivity contribution in [1.29, 1.82) is 0 Å². The molecule has 1 heterocycles. The van der Waals surface area contributed by atoms with E-state index in [-0.39, 0.29) is 0 Å². The predicted octanol–water partition coefficient (Wildman–Crippen LogP) is 3.84. The van der Waals surface area contributed by atoms with Crippen LogP contribution in [-0.2, 0) is 0 Å². The Morgan fingerprint density at radius 3 is 2.81 bits per heavy atom. The lowest BCUT2D eigenvalue weighted by atomic mass is 9.98. The normalized spacial score (nSPS) is 19.5. The Labute approximate surface area is 137 Å². The molecule has 0 bridgehead atoms. The molecular formula is C17H27BrN2O. The van der Waals surface area contributed by atoms with Crippen molar-refractivity contribution in [2.75, 3.05) is 27.2 Å². The minimum absolute atomic E-state index is 0.390. The van der Waals surface area contributed by atoms with Gasteiger partial charge in [0, 0.05) is 35.1 Å². The fraction of sp³-hybridized carbons (Fsp3) is 0.647. The number of rotatable bonds is 6. The fourth-order valence-corrected chi connectivity index (χ4v) is 3.26. The van der Waals surface area contributed by atoms with E-state index in [0.717, 1.165) is 35.7 Å². The van der Waals surface area contributed by atoms with E-state index in [1.165, 1.54) is 12.0 Å². The topological polar surface area (TPSA) is 24.5 Å². The minimum Gasteiger partial charge on any atom is -0.493 e. The molecule has 1 aliphatic heterocycles. The Hall–Kier alpha value is -0.580. The number of benzene rings is 1. The third-order valence-corrected chi connectivity index (χ3v) is 4.58. The smallest absolute Gasteiger partial charge is 0.124 e. The molecule has 0 radical (unpaired) electrons. The van der Waals surface area contributed by atoms with Crippen LogP contribution in [0.15, 0.2) is 22.7 Å². The van der Waals surface area contributed by atoms with Crippen molar-refractivity contribution in [3.63, 3.8) is 0 Å². The molecule has 4 heteroatoms. The van der Waals surface area contributed by atoms with Crippen LogP contribution < -0.4 is 10.1 Å². The second-order valence-corrected chi connectivity index (χ2v) is 7.44. The zero-order valence-electron chi connectivity index (χ0n) is 13.5. The highest BCUT2D eigenvalue weighted by Crippen LogP contribution is 2.34. The van der Waals surface area contributed by atoms with Crippen molar-refractivity contribution in [2.24, 2.45) is 5.92 Å². The average Bonchev–Trinajstić information content (AvgIpc) is 2.42. The number of hydrogen-bond acceptors (Lipinski definition) is 3. The maximum Gasteiger partial charge on any atom is 0.124 e. The Morgan fingerprint density at radius 2 is 2.14 bits per heavy atom. The van der Waals surface area contributed by atoms with E-state index in [2.05, 4.69) is 66.2 Å².